The van der Waals surface area contributed by atoms with Crippen LogP contribution in [0, 0.1) is 13.8 Å². The Balaban J connectivity index is 1.59. The van der Waals surface area contributed by atoms with Crippen LogP contribution in [0.2, 0.25) is 0 Å². The van der Waals surface area contributed by atoms with Crippen molar-refractivity contribution in [1.82, 2.24) is 20.0 Å². The van der Waals surface area contributed by atoms with Crippen molar-refractivity contribution in [2.45, 2.75) is 39.3 Å². The number of aromatic nitrogens is 3. The smallest absolute Gasteiger partial charge is 0.249 e. The van der Waals surface area contributed by atoms with E-state index >= 15 is 0 Å². The summed E-state index contributed by atoms with van der Waals surface area (Å²) in [7, 11) is 0. The molecule has 0 radical (unpaired) electrons. The number of likely N-dealkylation sites (tertiary alicyclic amines) is 1. The third-order valence-electron chi connectivity index (χ3n) is 4.83. The number of pyridine rings is 1. The van der Waals surface area contributed by atoms with Crippen LogP contribution in [0.15, 0.2) is 47.2 Å². The molecule has 1 saturated heterocycles. The Hall–Kier alpha value is -3.02. The molecule has 1 aliphatic heterocycles. The van der Waals surface area contributed by atoms with Crippen LogP contribution < -0.4 is 0 Å². The number of benzene rings is 1. The lowest BCUT2D eigenvalue weighted by atomic mass is 10.0. The van der Waals surface area contributed by atoms with Gasteiger partial charge in [-0.05, 0) is 43.5 Å². The Morgan fingerprint density at radius 1 is 1.19 bits per heavy atom. The zero-order valence-corrected chi connectivity index (χ0v) is 14.8. The minimum absolute atomic E-state index is 0.124. The van der Waals surface area contributed by atoms with Gasteiger partial charge in [-0.15, -0.1) is 0 Å². The van der Waals surface area contributed by atoms with Crippen LogP contribution in [-0.2, 0) is 11.3 Å². The van der Waals surface area contributed by atoms with E-state index < -0.39 is 0 Å². The fourth-order valence-corrected chi connectivity index (χ4v) is 3.38. The van der Waals surface area contributed by atoms with E-state index in [2.05, 4.69) is 47.2 Å². The lowest BCUT2D eigenvalue weighted by molar-refractivity contribution is -0.130. The Bertz CT molecular complexity index is 936. The highest BCUT2D eigenvalue weighted by Crippen LogP contribution is 2.34. The molecule has 4 rings (SSSR count). The lowest BCUT2D eigenvalue weighted by Crippen LogP contribution is -2.27. The van der Waals surface area contributed by atoms with E-state index in [0.29, 0.717) is 31.1 Å². The first kappa shape index (κ1) is 16.4. The summed E-state index contributed by atoms with van der Waals surface area (Å²) in [5.74, 6) is 1.14. The van der Waals surface area contributed by atoms with E-state index in [-0.39, 0.29) is 11.9 Å². The molecule has 0 bridgehead atoms. The maximum atomic E-state index is 12.4. The van der Waals surface area contributed by atoms with Gasteiger partial charge in [-0.3, -0.25) is 9.78 Å². The van der Waals surface area contributed by atoms with Gasteiger partial charge in [-0.1, -0.05) is 28.9 Å². The third kappa shape index (κ3) is 3.10. The van der Waals surface area contributed by atoms with Crippen LogP contribution in [0.1, 0.15) is 41.5 Å². The zero-order valence-electron chi connectivity index (χ0n) is 14.8. The van der Waals surface area contributed by atoms with Gasteiger partial charge in [0, 0.05) is 30.9 Å². The van der Waals surface area contributed by atoms with Gasteiger partial charge in [0.15, 0.2) is 0 Å². The first-order chi connectivity index (χ1) is 12.6. The summed E-state index contributed by atoms with van der Waals surface area (Å²) in [5.41, 5.74) is 4.39. The van der Waals surface area contributed by atoms with Crippen LogP contribution in [0.4, 0.5) is 0 Å². The minimum atomic E-state index is -0.175. The molecule has 132 valence electrons. The summed E-state index contributed by atoms with van der Waals surface area (Å²) in [5, 5.41) is 4.07. The van der Waals surface area contributed by atoms with Crippen molar-refractivity contribution >= 4 is 5.91 Å². The normalized spacial score (nSPS) is 17.1. The predicted molar refractivity (Wildman–Crippen MR) is 96.0 cm³/mol. The summed E-state index contributed by atoms with van der Waals surface area (Å²) >= 11 is 0. The number of carbonyl (C=O) groups excluding carboxylic acids is 1. The van der Waals surface area contributed by atoms with E-state index in [4.69, 9.17) is 4.52 Å². The SMILES string of the molecule is Cc1ccc(CN2C(=O)CCC2c2nc(-c3ccncc3)no2)c(C)c1. The summed E-state index contributed by atoms with van der Waals surface area (Å²) in [6, 6.07) is 9.80. The monoisotopic (exact) mass is 348 g/mol. The van der Waals surface area contributed by atoms with Crippen molar-refractivity contribution in [2.75, 3.05) is 0 Å². The number of nitrogens with zero attached hydrogens (tertiary/aromatic N) is 4. The van der Waals surface area contributed by atoms with Gasteiger partial charge in [0.2, 0.25) is 17.6 Å². The second-order valence-electron chi connectivity index (χ2n) is 6.70. The average molecular weight is 348 g/mol. The first-order valence-corrected chi connectivity index (χ1v) is 8.71. The molecular weight excluding hydrogens is 328 g/mol. The molecule has 1 aliphatic rings. The fraction of sp³-hybridized carbons (Fsp3) is 0.300. The third-order valence-corrected chi connectivity index (χ3v) is 4.83. The summed E-state index contributed by atoms with van der Waals surface area (Å²) in [6.07, 6.45) is 4.58. The number of hydrogen-bond donors (Lipinski definition) is 0. The van der Waals surface area contributed by atoms with Crippen molar-refractivity contribution in [2.24, 2.45) is 0 Å². The van der Waals surface area contributed by atoms with Crippen LogP contribution in [-0.4, -0.2) is 25.9 Å². The molecule has 1 atom stereocenters. The Kier molecular flexibility index (Phi) is 4.24. The van der Waals surface area contributed by atoms with Crippen LogP contribution in [0.3, 0.4) is 0 Å². The molecule has 0 aliphatic carbocycles. The number of amides is 1. The van der Waals surface area contributed by atoms with Gasteiger partial charge < -0.3 is 9.42 Å². The molecular formula is C20H20N4O2. The number of carbonyl (C=O) groups is 1. The molecule has 26 heavy (non-hydrogen) atoms. The topological polar surface area (TPSA) is 72.1 Å². The maximum Gasteiger partial charge on any atom is 0.249 e. The van der Waals surface area contributed by atoms with Gasteiger partial charge >= 0.3 is 0 Å². The molecule has 1 unspecified atom stereocenters. The first-order valence-electron chi connectivity index (χ1n) is 8.71. The van der Waals surface area contributed by atoms with E-state index in [0.717, 1.165) is 11.1 Å². The highest BCUT2D eigenvalue weighted by atomic mass is 16.5. The maximum absolute atomic E-state index is 12.4. The number of rotatable bonds is 4. The molecule has 0 N–H and O–H groups in total. The second-order valence-corrected chi connectivity index (χ2v) is 6.70. The van der Waals surface area contributed by atoms with Gasteiger partial charge in [0.05, 0.1) is 0 Å². The molecule has 0 saturated carbocycles. The van der Waals surface area contributed by atoms with Crippen molar-refractivity contribution in [1.29, 1.82) is 0 Å². The molecule has 6 nitrogen and oxygen atoms in total. The van der Waals surface area contributed by atoms with E-state index in [1.54, 1.807) is 12.4 Å². The molecule has 2 aromatic heterocycles. The zero-order chi connectivity index (χ0) is 18.1. The van der Waals surface area contributed by atoms with E-state index in [1.807, 2.05) is 17.0 Å². The van der Waals surface area contributed by atoms with Crippen molar-refractivity contribution in [3.8, 4) is 11.4 Å². The minimum Gasteiger partial charge on any atom is -0.337 e. The van der Waals surface area contributed by atoms with Crippen LogP contribution in [0.25, 0.3) is 11.4 Å². The summed E-state index contributed by atoms with van der Waals surface area (Å²) < 4.78 is 5.49. The number of aryl methyl sites for hydroxylation is 2. The highest BCUT2D eigenvalue weighted by molar-refractivity contribution is 5.79. The molecule has 1 aromatic carbocycles. The number of hydrogen-bond acceptors (Lipinski definition) is 5. The average Bonchev–Trinajstić information content (AvgIpc) is 3.26. The molecule has 1 amide bonds. The molecule has 6 heteroatoms. The molecule has 3 heterocycles. The Labute approximate surface area is 151 Å². The standard InChI is InChI=1S/C20H20N4O2/c1-13-3-4-16(14(2)11-13)12-24-17(5-6-18(24)25)20-22-19(23-26-20)15-7-9-21-10-8-15/h3-4,7-11,17H,5-6,12H2,1-2H3. The Morgan fingerprint density at radius 3 is 2.77 bits per heavy atom. The van der Waals surface area contributed by atoms with Crippen molar-refractivity contribution in [3.05, 3.63) is 65.3 Å². The van der Waals surface area contributed by atoms with Crippen molar-refractivity contribution in [3.63, 3.8) is 0 Å². The largest absolute Gasteiger partial charge is 0.337 e. The highest BCUT2D eigenvalue weighted by Gasteiger charge is 2.36. The predicted octanol–water partition coefficient (Wildman–Crippen LogP) is 3.61. The molecule has 0 spiro atoms. The second kappa shape index (κ2) is 6.71. The van der Waals surface area contributed by atoms with Crippen LogP contribution in [0.5, 0.6) is 0 Å². The van der Waals surface area contributed by atoms with E-state index in [1.165, 1.54) is 11.1 Å². The van der Waals surface area contributed by atoms with Gasteiger partial charge in [0.1, 0.15) is 6.04 Å². The molecule has 1 fully saturated rings. The van der Waals surface area contributed by atoms with Gasteiger partial charge in [-0.2, -0.15) is 4.98 Å². The van der Waals surface area contributed by atoms with E-state index in [9.17, 15) is 4.79 Å². The van der Waals surface area contributed by atoms with Crippen molar-refractivity contribution < 1.29 is 9.32 Å². The Morgan fingerprint density at radius 2 is 2.00 bits per heavy atom. The van der Waals surface area contributed by atoms with Gasteiger partial charge in [0.25, 0.3) is 0 Å². The lowest BCUT2D eigenvalue weighted by Gasteiger charge is -2.23. The summed E-state index contributed by atoms with van der Waals surface area (Å²) in [6.45, 7) is 4.70. The molecule has 3 aromatic rings. The summed E-state index contributed by atoms with van der Waals surface area (Å²) in [4.78, 5) is 22.8. The quantitative estimate of drug-likeness (QED) is 0.720. The van der Waals surface area contributed by atoms with Crippen LogP contribution >= 0.6 is 0 Å². The van der Waals surface area contributed by atoms with Gasteiger partial charge in [-0.25, -0.2) is 0 Å². The fourth-order valence-electron chi connectivity index (χ4n) is 3.38.